The fourth-order valence-corrected chi connectivity index (χ4v) is 1.16. The van der Waals surface area contributed by atoms with E-state index < -0.39 is 11.8 Å². The minimum absolute atomic E-state index is 0.201. The summed E-state index contributed by atoms with van der Waals surface area (Å²) in [5.41, 5.74) is 2.54. The number of carbonyl (C=O) groups is 1. The van der Waals surface area contributed by atoms with Crippen molar-refractivity contribution in [3.63, 3.8) is 0 Å². The molecular weight excluding hydrogens is 213 g/mol. The van der Waals surface area contributed by atoms with Crippen molar-refractivity contribution in [2.45, 2.75) is 13.5 Å². The number of hydrazine groups is 1. The lowest BCUT2D eigenvalue weighted by atomic mass is 10.2. The molecular formula is C10H14FN3O2. The van der Waals surface area contributed by atoms with Crippen LogP contribution >= 0.6 is 0 Å². The van der Waals surface area contributed by atoms with Crippen molar-refractivity contribution < 1.29 is 13.9 Å². The zero-order chi connectivity index (χ0) is 12.0. The Labute approximate surface area is 92.7 Å². The van der Waals surface area contributed by atoms with E-state index in [1.54, 1.807) is 13.0 Å². The number of halogens is 1. The maximum Gasteiger partial charge on any atom is 0.329 e. The fourth-order valence-electron chi connectivity index (χ4n) is 1.16. The number of benzene rings is 1. The third kappa shape index (κ3) is 3.39. The third-order valence-electron chi connectivity index (χ3n) is 1.88. The average molecular weight is 227 g/mol. The third-order valence-corrected chi connectivity index (χ3v) is 1.88. The Morgan fingerprint density at radius 1 is 1.56 bits per heavy atom. The Kier molecular flexibility index (Phi) is 4.53. The van der Waals surface area contributed by atoms with Gasteiger partial charge in [-0.1, -0.05) is 6.07 Å². The standard InChI is InChI=1S/C10H14FN3O2/c1-2-16-9-4-3-7(5-8(9)11)6-13-10(15)14-12/h3-5H,2,6,12H2,1H3,(H2,13,14,15). The number of hydrogen-bond acceptors (Lipinski definition) is 3. The molecule has 16 heavy (non-hydrogen) atoms. The summed E-state index contributed by atoms with van der Waals surface area (Å²) >= 11 is 0. The van der Waals surface area contributed by atoms with Crippen LogP contribution in [0.15, 0.2) is 18.2 Å². The minimum Gasteiger partial charge on any atom is -0.491 e. The van der Waals surface area contributed by atoms with Crippen molar-refractivity contribution in [3.8, 4) is 5.75 Å². The number of rotatable bonds is 4. The van der Waals surface area contributed by atoms with E-state index in [-0.39, 0.29) is 12.3 Å². The van der Waals surface area contributed by atoms with Crippen molar-refractivity contribution in [1.29, 1.82) is 0 Å². The first kappa shape index (κ1) is 12.3. The number of carbonyl (C=O) groups excluding carboxylic acids is 1. The number of hydrogen-bond donors (Lipinski definition) is 3. The largest absolute Gasteiger partial charge is 0.491 e. The Morgan fingerprint density at radius 3 is 2.88 bits per heavy atom. The Bertz CT molecular complexity index is 371. The van der Waals surface area contributed by atoms with Crippen LogP contribution in [0.4, 0.5) is 9.18 Å². The van der Waals surface area contributed by atoms with Crippen molar-refractivity contribution >= 4 is 6.03 Å². The summed E-state index contributed by atoms with van der Waals surface area (Å²) in [6.07, 6.45) is 0. The van der Waals surface area contributed by atoms with Crippen molar-refractivity contribution in [1.82, 2.24) is 10.7 Å². The van der Waals surface area contributed by atoms with Gasteiger partial charge in [-0.05, 0) is 24.6 Å². The first-order valence-corrected chi connectivity index (χ1v) is 4.83. The molecule has 0 aliphatic rings. The molecule has 1 rings (SSSR count). The molecule has 0 atom stereocenters. The first-order chi connectivity index (χ1) is 7.67. The molecule has 4 N–H and O–H groups in total. The Morgan fingerprint density at radius 2 is 2.31 bits per heavy atom. The molecule has 1 aromatic carbocycles. The van der Waals surface area contributed by atoms with Crippen LogP contribution in [0.3, 0.4) is 0 Å². The van der Waals surface area contributed by atoms with Crippen LogP contribution in [0, 0.1) is 5.82 Å². The monoisotopic (exact) mass is 227 g/mol. The van der Waals surface area contributed by atoms with E-state index in [2.05, 4.69) is 5.32 Å². The quantitative estimate of drug-likeness (QED) is 0.406. The molecule has 5 nitrogen and oxygen atoms in total. The number of urea groups is 1. The van der Waals surface area contributed by atoms with E-state index in [4.69, 9.17) is 10.6 Å². The normalized spacial score (nSPS) is 9.69. The summed E-state index contributed by atoms with van der Waals surface area (Å²) < 4.78 is 18.4. The highest BCUT2D eigenvalue weighted by molar-refractivity contribution is 5.73. The number of amides is 2. The van der Waals surface area contributed by atoms with Gasteiger partial charge in [-0.25, -0.2) is 15.0 Å². The van der Waals surface area contributed by atoms with Gasteiger partial charge in [0.1, 0.15) is 0 Å². The number of nitrogens with one attached hydrogen (secondary N) is 2. The summed E-state index contributed by atoms with van der Waals surface area (Å²) in [6, 6.07) is 3.98. The molecule has 0 saturated carbocycles. The Balaban J connectivity index is 2.62. The molecule has 1 aromatic rings. The second-order valence-corrected chi connectivity index (χ2v) is 3.02. The van der Waals surface area contributed by atoms with E-state index in [1.807, 2.05) is 5.43 Å². The van der Waals surface area contributed by atoms with E-state index in [0.29, 0.717) is 12.2 Å². The molecule has 0 aliphatic carbocycles. The molecule has 0 unspecified atom stereocenters. The first-order valence-electron chi connectivity index (χ1n) is 4.83. The van der Waals surface area contributed by atoms with Crippen LogP contribution in [0.1, 0.15) is 12.5 Å². The maximum atomic E-state index is 13.4. The highest BCUT2D eigenvalue weighted by Gasteiger charge is 2.04. The second-order valence-electron chi connectivity index (χ2n) is 3.02. The molecule has 6 heteroatoms. The van der Waals surface area contributed by atoms with Gasteiger partial charge in [-0.2, -0.15) is 0 Å². The van der Waals surface area contributed by atoms with Crippen molar-refractivity contribution in [2.24, 2.45) is 5.84 Å². The second kappa shape index (κ2) is 5.92. The zero-order valence-electron chi connectivity index (χ0n) is 8.92. The molecule has 88 valence electrons. The van der Waals surface area contributed by atoms with Gasteiger partial charge in [-0.3, -0.25) is 5.43 Å². The van der Waals surface area contributed by atoms with Crippen LogP contribution < -0.4 is 21.3 Å². The molecule has 0 radical (unpaired) electrons. The van der Waals surface area contributed by atoms with Gasteiger partial charge in [0.15, 0.2) is 11.6 Å². The van der Waals surface area contributed by atoms with Gasteiger partial charge in [0.05, 0.1) is 6.61 Å². The van der Waals surface area contributed by atoms with E-state index in [0.717, 1.165) is 0 Å². The van der Waals surface area contributed by atoms with Crippen molar-refractivity contribution in [3.05, 3.63) is 29.6 Å². The molecule has 0 aromatic heterocycles. The topological polar surface area (TPSA) is 76.4 Å². The van der Waals surface area contributed by atoms with Crippen molar-refractivity contribution in [2.75, 3.05) is 6.61 Å². The van der Waals surface area contributed by atoms with Gasteiger partial charge < -0.3 is 10.1 Å². The molecule has 0 saturated heterocycles. The van der Waals surface area contributed by atoms with Gasteiger partial charge in [0.25, 0.3) is 0 Å². The van der Waals surface area contributed by atoms with Crippen LogP contribution in [0.25, 0.3) is 0 Å². The minimum atomic E-state index is -0.519. The summed E-state index contributed by atoms with van der Waals surface area (Å²) in [6.45, 7) is 2.39. The molecule has 0 aliphatic heterocycles. The van der Waals surface area contributed by atoms with Crippen LogP contribution in [0.2, 0.25) is 0 Å². The molecule has 0 bridgehead atoms. The average Bonchev–Trinajstić information content (AvgIpc) is 2.29. The van der Waals surface area contributed by atoms with Gasteiger partial charge in [0, 0.05) is 6.54 Å². The fraction of sp³-hybridized carbons (Fsp3) is 0.300. The lowest BCUT2D eigenvalue weighted by Crippen LogP contribution is -2.39. The molecule has 2 amide bonds. The van der Waals surface area contributed by atoms with Crippen LogP contribution in [-0.2, 0) is 6.54 Å². The SMILES string of the molecule is CCOc1ccc(CNC(=O)NN)cc1F. The van der Waals surface area contributed by atoms with Gasteiger partial charge in [0.2, 0.25) is 0 Å². The predicted octanol–water partition coefficient (Wildman–Crippen LogP) is 0.897. The number of nitrogens with two attached hydrogens (primary N) is 1. The van der Waals surface area contributed by atoms with Gasteiger partial charge in [-0.15, -0.1) is 0 Å². The number of ether oxygens (including phenoxy) is 1. The Hall–Kier alpha value is -1.82. The molecule has 0 spiro atoms. The lowest BCUT2D eigenvalue weighted by molar-refractivity contribution is 0.240. The predicted molar refractivity (Wildman–Crippen MR) is 57.1 cm³/mol. The van der Waals surface area contributed by atoms with E-state index in [9.17, 15) is 9.18 Å². The highest BCUT2D eigenvalue weighted by Crippen LogP contribution is 2.18. The highest BCUT2D eigenvalue weighted by atomic mass is 19.1. The molecule has 0 heterocycles. The van der Waals surface area contributed by atoms with Crippen LogP contribution in [0.5, 0.6) is 5.75 Å². The van der Waals surface area contributed by atoms with Crippen LogP contribution in [-0.4, -0.2) is 12.6 Å². The summed E-state index contributed by atoms with van der Waals surface area (Å²) in [5, 5.41) is 2.44. The summed E-state index contributed by atoms with van der Waals surface area (Å²) in [7, 11) is 0. The smallest absolute Gasteiger partial charge is 0.329 e. The van der Waals surface area contributed by atoms with E-state index >= 15 is 0 Å². The van der Waals surface area contributed by atoms with Gasteiger partial charge >= 0.3 is 6.03 Å². The summed E-state index contributed by atoms with van der Waals surface area (Å²) in [5.74, 6) is 4.63. The maximum absolute atomic E-state index is 13.4. The summed E-state index contributed by atoms with van der Waals surface area (Å²) in [4.78, 5) is 10.8. The lowest BCUT2D eigenvalue weighted by Gasteiger charge is -2.07. The van der Waals surface area contributed by atoms with E-state index in [1.165, 1.54) is 12.1 Å². The zero-order valence-corrected chi connectivity index (χ0v) is 8.92. The molecule has 0 fully saturated rings.